The molecule has 2 aliphatic heterocycles. The summed E-state index contributed by atoms with van der Waals surface area (Å²) in [6, 6.07) is 0. The maximum Gasteiger partial charge on any atom is 0.488 e. The van der Waals surface area contributed by atoms with Gasteiger partial charge in [0.25, 0.3) is 0 Å². The lowest BCUT2D eigenvalue weighted by Crippen LogP contribution is -2.46. The predicted octanol–water partition coefficient (Wildman–Crippen LogP) is 4.06. The van der Waals surface area contributed by atoms with Gasteiger partial charge in [-0.05, 0) is 60.8 Å². The Bertz CT molecular complexity index is 422. The Morgan fingerprint density at radius 1 is 0.739 bits per heavy atom. The fourth-order valence-corrected chi connectivity index (χ4v) is 3.50. The molecule has 0 spiro atoms. The summed E-state index contributed by atoms with van der Waals surface area (Å²) in [6.45, 7) is 19.1. The molecule has 132 valence electrons. The van der Waals surface area contributed by atoms with E-state index in [9.17, 15) is 0 Å². The average Bonchev–Trinajstić information content (AvgIpc) is 2.70. The Kier molecular flexibility index (Phi) is 5.07. The second-order valence-electron chi connectivity index (χ2n) is 9.07. The largest absolute Gasteiger partial charge is 0.488 e. The van der Waals surface area contributed by atoms with E-state index in [2.05, 4.69) is 62.3 Å². The molecule has 2 atom stereocenters. The number of hydrogen-bond donors (Lipinski definition) is 0. The molecule has 6 heteroatoms. The summed E-state index contributed by atoms with van der Waals surface area (Å²) < 4.78 is 24.9. The van der Waals surface area contributed by atoms with Crippen molar-refractivity contribution >= 4 is 14.0 Å². The Morgan fingerprint density at radius 2 is 1.17 bits per heavy atom. The Hall–Kier alpha value is -0.0301. The average molecular weight is 324 g/mol. The van der Waals surface area contributed by atoms with Gasteiger partial charge in [0.15, 0.2) is 0 Å². The maximum absolute atomic E-state index is 6.38. The van der Waals surface area contributed by atoms with E-state index in [1.54, 1.807) is 0 Å². The van der Waals surface area contributed by atoms with Crippen molar-refractivity contribution in [3.05, 3.63) is 0 Å². The van der Waals surface area contributed by atoms with Crippen LogP contribution < -0.4 is 0 Å². The molecule has 0 aromatic heterocycles. The van der Waals surface area contributed by atoms with Crippen LogP contribution in [0.5, 0.6) is 0 Å². The smallest absolute Gasteiger partial charge is 0.405 e. The van der Waals surface area contributed by atoms with Crippen molar-refractivity contribution in [2.75, 3.05) is 0 Å². The molecule has 0 saturated carbocycles. The Labute approximate surface area is 143 Å². The molecule has 0 aromatic rings. The monoisotopic (exact) mass is 324 g/mol. The van der Waals surface area contributed by atoms with Gasteiger partial charge < -0.3 is 18.6 Å². The SMILES string of the molecule is CCCC(C)CC1(C)OB(B2OC(C)(C)C(C)(C)O2)OC1(C)C. The molecular weight excluding hydrogens is 290 g/mol. The third-order valence-corrected chi connectivity index (χ3v) is 6.07. The van der Waals surface area contributed by atoms with Gasteiger partial charge in [-0.2, -0.15) is 0 Å². The third-order valence-electron chi connectivity index (χ3n) is 6.07. The van der Waals surface area contributed by atoms with E-state index < -0.39 is 14.0 Å². The van der Waals surface area contributed by atoms with Crippen molar-refractivity contribution in [1.82, 2.24) is 0 Å². The van der Waals surface area contributed by atoms with Gasteiger partial charge in [0.1, 0.15) is 0 Å². The first-order valence-corrected chi connectivity index (χ1v) is 9.05. The Balaban J connectivity index is 2.11. The minimum Gasteiger partial charge on any atom is -0.405 e. The fourth-order valence-electron chi connectivity index (χ4n) is 3.50. The molecule has 2 rings (SSSR count). The summed E-state index contributed by atoms with van der Waals surface area (Å²) in [5.41, 5.74) is -1.45. The summed E-state index contributed by atoms with van der Waals surface area (Å²) in [6.07, 6.45) is 3.37. The summed E-state index contributed by atoms with van der Waals surface area (Å²) in [4.78, 5) is 0. The predicted molar refractivity (Wildman–Crippen MR) is 95.2 cm³/mol. The van der Waals surface area contributed by atoms with Gasteiger partial charge in [-0.1, -0.05) is 26.7 Å². The first kappa shape index (κ1) is 19.3. The van der Waals surface area contributed by atoms with Gasteiger partial charge >= 0.3 is 14.0 Å². The normalized spacial score (nSPS) is 33.3. The van der Waals surface area contributed by atoms with Crippen LogP contribution in [0.4, 0.5) is 0 Å². The molecule has 23 heavy (non-hydrogen) atoms. The van der Waals surface area contributed by atoms with Crippen molar-refractivity contribution in [3.63, 3.8) is 0 Å². The van der Waals surface area contributed by atoms with Crippen molar-refractivity contribution in [1.29, 1.82) is 0 Å². The summed E-state index contributed by atoms with van der Waals surface area (Å²) in [7, 11) is -0.965. The van der Waals surface area contributed by atoms with Gasteiger partial charge in [-0.15, -0.1) is 0 Å². The van der Waals surface area contributed by atoms with Gasteiger partial charge in [0.2, 0.25) is 0 Å². The van der Waals surface area contributed by atoms with Crippen LogP contribution in [0.15, 0.2) is 0 Å². The summed E-state index contributed by atoms with van der Waals surface area (Å²) >= 11 is 0. The van der Waals surface area contributed by atoms with E-state index in [0.29, 0.717) is 5.92 Å². The summed E-state index contributed by atoms with van der Waals surface area (Å²) in [5, 5.41) is 0. The highest BCUT2D eigenvalue weighted by Gasteiger charge is 2.64. The Morgan fingerprint density at radius 3 is 1.65 bits per heavy atom. The minimum atomic E-state index is -0.484. The van der Waals surface area contributed by atoms with E-state index in [1.165, 1.54) is 12.8 Å². The summed E-state index contributed by atoms with van der Waals surface area (Å²) in [5.74, 6) is 0.602. The molecule has 2 saturated heterocycles. The van der Waals surface area contributed by atoms with Crippen LogP contribution in [-0.2, 0) is 18.6 Å². The van der Waals surface area contributed by atoms with Gasteiger partial charge in [0, 0.05) is 0 Å². The highest BCUT2D eigenvalue weighted by atomic mass is 16.7. The highest BCUT2D eigenvalue weighted by molar-refractivity contribution is 7.11. The fraction of sp³-hybridized carbons (Fsp3) is 1.00. The van der Waals surface area contributed by atoms with Crippen LogP contribution in [-0.4, -0.2) is 36.4 Å². The van der Waals surface area contributed by atoms with Crippen LogP contribution in [0.3, 0.4) is 0 Å². The zero-order valence-corrected chi connectivity index (χ0v) is 16.5. The van der Waals surface area contributed by atoms with E-state index in [4.69, 9.17) is 18.6 Å². The van der Waals surface area contributed by atoms with Crippen LogP contribution in [0.2, 0.25) is 0 Å². The molecule has 2 heterocycles. The molecule has 2 unspecified atom stereocenters. The zero-order chi connectivity index (χ0) is 17.7. The standard InChI is InChI=1S/C17H34B2O4/c1-10-11-13(2)12-17(9)16(7,8)22-19(23-17)18-20-14(3,4)15(5,6)21-18/h13H,10-12H2,1-9H3. The van der Waals surface area contributed by atoms with Crippen LogP contribution in [0.1, 0.15) is 81.6 Å². The topological polar surface area (TPSA) is 36.9 Å². The first-order valence-electron chi connectivity index (χ1n) is 9.05. The molecule has 0 aromatic carbocycles. The first-order chi connectivity index (χ1) is 10.3. The zero-order valence-electron chi connectivity index (χ0n) is 16.5. The number of hydrogen-bond acceptors (Lipinski definition) is 4. The second-order valence-corrected chi connectivity index (χ2v) is 9.07. The molecule has 0 bridgehead atoms. The molecule has 0 radical (unpaired) electrons. The van der Waals surface area contributed by atoms with Gasteiger partial charge in [-0.25, -0.2) is 0 Å². The third kappa shape index (κ3) is 3.51. The van der Waals surface area contributed by atoms with Gasteiger partial charge in [0.05, 0.1) is 22.4 Å². The lowest BCUT2D eigenvalue weighted by molar-refractivity contribution is -0.0261. The van der Waals surface area contributed by atoms with Crippen LogP contribution >= 0.6 is 0 Å². The molecule has 0 amide bonds. The second kappa shape index (κ2) is 6.05. The van der Waals surface area contributed by atoms with Crippen molar-refractivity contribution < 1.29 is 18.6 Å². The molecule has 4 nitrogen and oxygen atoms in total. The molecule has 2 fully saturated rings. The highest BCUT2D eigenvalue weighted by Crippen LogP contribution is 2.45. The minimum absolute atomic E-state index is 0.337. The van der Waals surface area contributed by atoms with Crippen molar-refractivity contribution in [2.24, 2.45) is 5.92 Å². The van der Waals surface area contributed by atoms with E-state index in [0.717, 1.165) is 6.42 Å². The van der Waals surface area contributed by atoms with Crippen LogP contribution in [0, 0.1) is 5.92 Å². The van der Waals surface area contributed by atoms with Crippen molar-refractivity contribution in [2.45, 2.75) is 104 Å². The van der Waals surface area contributed by atoms with E-state index in [1.807, 2.05) is 0 Å². The maximum atomic E-state index is 6.38. The van der Waals surface area contributed by atoms with E-state index >= 15 is 0 Å². The number of rotatable bonds is 5. The van der Waals surface area contributed by atoms with E-state index in [-0.39, 0.29) is 22.4 Å². The molecule has 0 N–H and O–H groups in total. The lowest BCUT2D eigenvalue weighted by Gasteiger charge is -2.38. The lowest BCUT2D eigenvalue weighted by atomic mass is 9.49. The quantitative estimate of drug-likeness (QED) is 0.715. The van der Waals surface area contributed by atoms with Crippen LogP contribution in [0.25, 0.3) is 0 Å². The van der Waals surface area contributed by atoms with Crippen molar-refractivity contribution in [3.8, 4) is 0 Å². The molecular formula is C17H34B2O4. The molecule has 0 aliphatic carbocycles. The molecule has 2 aliphatic rings. The van der Waals surface area contributed by atoms with Gasteiger partial charge in [-0.3, -0.25) is 0 Å².